The monoisotopic (exact) mass is 268 g/mol. The zero-order chi connectivity index (χ0) is 14.1. The summed E-state index contributed by atoms with van der Waals surface area (Å²) in [7, 11) is 0. The van der Waals surface area contributed by atoms with Gasteiger partial charge in [-0.3, -0.25) is 9.59 Å². The van der Waals surface area contributed by atoms with Crippen LogP contribution in [0.2, 0.25) is 0 Å². The number of hydrogen-bond donors (Lipinski definition) is 3. The number of nitrogens with one attached hydrogen (secondary N) is 2. The second-order valence-electron chi connectivity index (χ2n) is 4.08. The van der Waals surface area contributed by atoms with E-state index >= 15 is 0 Å². The fourth-order valence-electron chi connectivity index (χ4n) is 1.39. The van der Waals surface area contributed by atoms with Crippen LogP contribution < -0.4 is 10.6 Å². The van der Waals surface area contributed by atoms with Crippen LogP contribution in [-0.2, 0) is 14.4 Å². The van der Waals surface area contributed by atoms with Gasteiger partial charge in [-0.25, -0.2) is 4.79 Å². The lowest BCUT2D eigenvalue weighted by molar-refractivity contribution is -0.207. The Labute approximate surface area is 99.5 Å². The van der Waals surface area contributed by atoms with Crippen LogP contribution in [0.25, 0.3) is 0 Å². The number of carbonyl (C=O) groups is 3. The summed E-state index contributed by atoms with van der Waals surface area (Å²) in [5, 5.41) is 12.2. The second kappa shape index (κ2) is 4.46. The number of amides is 2. The van der Waals surface area contributed by atoms with Gasteiger partial charge in [-0.2, -0.15) is 13.2 Å². The Kier molecular flexibility index (Phi) is 3.54. The Hall–Kier alpha value is -1.80. The molecule has 1 aliphatic heterocycles. The van der Waals surface area contributed by atoms with Gasteiger partial charge in [-0.1, -0.05) is 0 Å². The van der Waals surface area contributed by atoms with E-state index in [0.29, 0.717) is 6.92 Å². The van der Waals surface area contributed by atoms with Crippen LogP contribution in [0.5, 0.6) is 0 Å². The van der Waals surface area contributed by atoms with Crippen molar-refractivity contribution in [2.75, 3.05) is 0 Å². The molecule has 0 radical (unpaired) electrons. The molecule has 2 atom stereocenters. The van der Waals surface area contributed by atoms with Gasteiger partial charge in [0, 0.05) is 6.42 Å². The minimum Gasteiger partial charge on any atom is -0.479 e. The van der Waals surface area contributed by atoms with Crippen LogP contribution in [0, 0.1) is 0 Å². The minimum atomic E-state index is -5.14. The molecule has 1 aliphatic rings. The van der Waals surface area contributed by atoms with Gasteiger partial charge in [0.05, 0.1) is 0 Å². The van der Waals surface area contributed by atoms with E-state index in [1.807, 2.05) is 0 Å². The Morgan fingerprint density at radius 2 is 2.00 bits per heavy atom. The average Bonchev–Trinajstić information content (AvgIpc) is 2.62. The largest absolute Gasteiger partial charge is 0.479 e. The summed E-state index contributed by atoms with van der Waals surface area (Å²) in [6.45, 7) is 0.351. The molecular weight excluding hydrogens is 257 g/mol. The highest BCUT2D eigenvalue weighted by Crippen LogP contribution is 2.30. The number of alkyl halides is 3. The first kappa shape index (κ1) is 14.3. The molecule has 3 N–H and O–H groups in total. The van der Waals surface area contributed by atoms with E-state index in [2.05, 4.69) is 5.32 Å². The van der Waals surface area contributed by atoms with Crippen LogP contribution >= 0.6 is 0 Å². The van der Waals surface area contributed by atoms with E-state index in [-0.39, 0.29) is 12.8 Å². The number of carboxylic acid groups (broad SMARTS) is 1. The molecule has 102 valence electrons. The molecule has 0 aromatic carbocycles. The van der Waals surface area contributed by atoms with Crippen LogP contribution in [0.15, 0.2) is 0 Å². The van der Waals surface area contributed by atoms with Crippen molar-refractivity contribution in [3.8, 4) is 0 Å². The van der Waals surface area contributed by atoms with E-state index in [9.17, 15) is 27.6 Å². The molecule has 1 heterocycles. The number of carboxylic acids is 1. The van der Waals surface area contributed by atoms with Crippen molar-refractivity contribution in [1.82, 2.24) is 10.6 Å². The Morgan fingerprint density at radius 3 is 2.33 bits per heavy atom. The first-order valence-electron chi connectivity index (χ1n) is 4.99. The number of hydrogen-bond acceptors (Lipinski definition) is 3. The molecular formula is C9H11F3N2O4. The summed E-state index contributed by atoms with van der Waals surface area (Å²) in [6.07, 6.45) is -5.08. The number of carbonyl (C=O) groups excluding carboxylic acids is 2. The number of rotatable bonds is 3. The van der Waals surface area contributed by atoms with Crippen molar-refractivity contribution in [2.24, 2.45) is 0 Å². The van der Waals surface area contributed by atoms with Crippen molar-refractivity contribution < 1.29 is 32.7 Å². The Balaban J connectivity index is 2.83. The summed E-state index contributed by atoms with van der Waals surface area (Å²) >= 11 is 0. The van der Waals surface area contributed by atoms with E-state index < -0.39 is 35.5 Å². The Bertz CT molecular complexity index is 396. The highest BCUT2D eigenvalue weighted by Gasteiger charge is 2.59. The van der Waals surface area contributed by atoms with Crippen LogP contribution in [-0.4, -0.2) is 40.6 Å². The molecule has 0 aliphatic carbocycles. The van der Waals surface area contributed by atoms with Gasteiger partial charge in [-0.15, -0.1) is 0 Å². The maximum Gasteiger partial charge on any atom is 0.422 e. The lowest BCUT2D eigenvalue weighted by Crippen LogP contribution is -2.64. The number of halogens is 3. The molecule has 1 rings (SSSR count). The van der Waals surface area contributed by atoms with Crippen molar-refractivity contribution in [2.45, 2.75) is 37.5 Å². The molecule has 2 unspecified atom stereocenters. The van der Waals surface area contributed by atoms with E-state index in [1.165, 1.54) is 5.32 Å². The van der Waals surface area contributed by atoms with Gasteiger partial charge < -0.3 is 15.7 Å². The first-order chi connectivity index (χ1) is 8.08. The molecule has 0 spiro atoms. The molecule has 0 saturated carbocycles. The van der Waals surface area contributed by atoms with Crippen LogP contribution in [0.1, 0.15) is 19.8 Å². The summed E-state index contributed by atoms with van der Waals surface area (Å²) in [5.74, 6) is -3.84. The van der Waals surface area contributed by atoms with Crippen LogP contribution in [0.3, 0.4) is 0 Å². The smallest absolute Gasteiger partial charge is 0.422 e. The summed E-state index contributed by atoms with van der Waals surface area (Å²) in [4.78, 5) is 33.0. The normalized spacial score (nSPS) is 23.1. The van der Waals surface area contributed by atoms with Gasteiger partial charge in [0.15, 0.2) is 0 Å². The zero-order valence-corrected chi connectivity index (χ0v) is 9.30. The van der Waals surface area contributed by atoms with Crippen molar-refractivity contribution in [1.29, 1.82) is 0 Å². The van der Waals surface area contributed by atoms with Gasteiger partial charge in [-0.05, 0) is 13.3 Å². The highest BCUT2D eigenvalue weighted by molar-refractivity contribution is 5.94. The predicted molar refractivity (Wildman–Crippen MR) is 51.4 cm³/mol. The Morgan fingerprint density at radius 1 is 1.44 bits per heavy atom. The number of aliphatic carboxylic acids is 1. The lowest BCUT2D eigenvalue weighted by Gasteiger charge is -2.29. The third-order valence-electron chi connectivity index (χ3n) is 2.68. The summed E-state index contributed by atoms with van der Waals surface area (Å²) in [6, 6.07) is -1.13. The quantitative estimate of drug-likeness (QED) is 0.659. The van der Waals surface area contributed by atoms with Gasteiger partial charge in [0.2, 0.25) is 17.4 Å². The van der Waals surface area contributed by atoms with Crippen molar-refractivity contribution in [3.05, 3.63) is 0 Å². The van der Waals surface area contributed by atoms with E-state index in [1.54, 1.807) is 0 Å². The molecule has 0 aromatic rings. The summed E-state index contributed by atoms with van der Waals surface area (Å²) < 4.78 is 37.8. The van der Waals surface area contributed by atoms with Gasteiger partial charge >= 0.3 is 12.1 Å². The third-order valence-corrected chi connectivity index (χ3v) is 2.68. The third kappa shape index (κ3) is 2.54. The van der Waals surface area contributed by atoms with Crippen molar-refractivity contribution in [3.63, 3.8) is 0 Å². The molecule has 0 bridgehead atoms. The SMILES string of the molecule is CC(NC(=O)C1CCC(=O)N1)(C(=O)O)C(F)(F)F. The molecule has 6 nitrogen and oxygen atoms in total. The maximum absolute atomic E-state index is 12.6. The average molecular weight is 268 g/mol. The van der Waals surface area contributed by atoms with E-state index in [0.717, 1.165) is 0 Å². The molecule has 9 heteroatoms. The molecule has 18 heavy (non-hydrogen) atoms. The van der Waals surface area contributed by atoms with Crippen LogP contribution in [0.4, 0.5) is 13.2 Å². The molecule has 1 fully saturated rings. The summed E-state index contributed by atoms with van der Waals surface area (Å²) in [5.41, 5.74) is -3.38. The molecule has 1 saturated heterocycles. The fraction of sp³-hybridized carbons (Fsp3) is 0.667. The molecule has 0 aromatic heterocycles. The van der Waals surface area contributed by atoms with E-state index in [4.69, 9.17) is 5.11 Å². The predicted octanol–water partition coefficient (Wildman–Crippen LogP) is -0.213. The maximum atomic E-state index is 12.6. The van der Waals surface area contributed by atoms with Crippen molar-refractivity contribution >= 4 is 17.8 Å². The zero-order valence-electron chi connectivity index (χ0n) is 9.30. The minimum absolute atomic E-state index is 0.0217. The highest BCUT2D eigenvalue weighted by atomic mass is 19.4. The second-order valence-corrected chi connectivity index (χ2v) is 4.08. The topological polar surface area (TPSA) is 95.5 Å². The fourth-order valence-corrected chi connectivity index (χ4v) is 1.39. The standard InChI is InChI=1S/C9H11F3N2O4/c1-8(7(17)18,9(10,11)12)14-6(16)4-2-3-5(15)13-4/h4H,2-3H2,1H3,(H,13,15)(H,14,16)(H,17,18). The molecule has 2 amide bonds. The lowest BCUT2D eigenvalue weighted by atomic mass is 10.0. The first-order valence-corrected chi connectivity index (χ1v) is 4.99. The van der Waals surface area contributed by atoms with Gasteiger partial charge in [0.25, 0.3) is 0 Å². The van der Waals surface area contributed by atoms with Gasteiger partial charge in [0.1, 0.15) is 6.04 Å².